The van der Waals surface area contributed by atoms with Gasteiger partial charge in [0.1, 0.15) is 0 Å². The van der Waals surface area contributed by atoms with E-state index in [1.165, 1.54) is 5.57 Å². The van der Waals surface area contributed by atoms with Gasteiger partial charge in [-0.05, 0) is 117 Å². The van der Waals surface area contributed by atoms with Crippen molar-refractivity contribution in [3.8, 4) is 0 Å². The molecule has 0 heterocycles. The molecule has 1 unspecified atom stereocenters. The fraction of sp³-hybridized carbons (Fsp3) is 0.882. The van der Waals surface area contributed by atoms with Gasteiger partial charge < -0.3 is 5.11 Å². The van der Waals surface area contributed by atoms with Crippen LogP contribution in [-0.4, -0.2) is 41.1 Å². The molecule has 0 radical (unpaired) electrons. The Hall–Kier alpha value is -1.20. The summed E-state index contributed by atoms with van der Waals surface area (Å²) in [5, 5.41) is 12.5. The Bertz CT molecular complexity index is 1080. The number of carbonyl (C=O) groups excluding carboxylic acids is 2. The summed E-state index contributed by atoms with van der Waals surface area (Å²) in [5.41, 5.74) is 0.480. The first-order chi connectivity index (χ1) is 17.9. The predicted octanol–water partition coefficient (Wildman–Crippen LogP) is 7.13. The highest BCUT2D eigenvalue weighted by molar-refractivity contribution is 5.95. The zero-order chi connectivity index (χ0) is 29.0. The Labute approximate surface area is 237 Å². The number of nitrogens with zero attached hydrogens (tertiary/aromatic N) is 1. The zero-order valence-electron chi connectivity index (χ0n) is 26.4. The predicted molar refractivity (Wildman–Crippen MR) is 154 cm³/mol. The maximum Gasteiger partial charge on any atom is 0.252 e. The first-order valence-corrected chi connectivity index (χ1v) is 15.7. The number of fused-ring (bicyclic) bond motifs is 7. The van der Waals surface area contributed by atoms with E-state index in [4.69, 9.17) is 4.84 Å². The lowest BCUT2D eigenvalue weighted by Crippen LogP contribution is -2.66. The summed E-state index contributed by atoms with van der Waals surface area (Å²) in [7, 11) is 1.59. The Kier molecular flexibility index (Phi) is 6.69. The third kappa shape index (κ3) is 3.76. The normalized spacial score (nSPS) is 48.8. The molecule has 0 bridgehead atoms. The second-order valence-electron chi connectivity index (χ2n) is 16.5. The first kappa shape index (κ1) is 29.3. The van der Waals surface area contributed by atoms with Crippen molar-refractivity contribution in [2.75, 3.05) is 7.11 Å². The Morgan fingerprint density at radius 3 is 2.23 bits per heavy atom. The maximum absolute atomic E-state index is 14.5. The van der Waals surface area contributed by atoms with E-state index >= 15 is 0 Å². The number of aliphatic hydroxyl groups is 1. The molecular formula is C34H55NO4. The van der Waals surface area contributed by atoms with Crippen LogP contribution in [0, 0.1) is 50.2 Å². The quantitative estimate of drug-likeness (QED) is 0.386. The number of amides is 1. The lowest BCUT2D eigenvalue weighted by Gasteiger charge is -2.70. The van der Waals surface area contributed by atoms with Crippen molar-refractivity contribution in [3.05, 3.63) is 11.6 Å². The van der Waals surface area contributed by atoms with E-state index in [0.717, 1.165) is 57.8 Å². The fourth-order valence-corrected chi connectivity index (χ4v) is 11.2. The molecule has 4 fully saturated rings. The monoisotopic (exact) mass is 541 g/mol. The van der Waals surface area contributed by atoms with E-state index < -0.39 is 5.41 Å². The minimum absolute atomic E-state index is 0.0184. The molecule has 5 heteroatoms. The third-order valence-corrected chi connectivity index (χ3v) is 13.9. The summed E-state index contributed by atoms with van der Waals surface area (Å²) < 4.78 is 0. The lowest BCUT2D eigenvalue weighted by atomic mass is 9.33. The van der Waals surface area contributed by atoms with Crippen LogP contribution in [0.1, 0.15) is 120 Å². The van der Waals surface area contributed by atoms with Crippen molar-refractivity contribution < 1.29 is 19.5 Å². The molecule has 4 saturated carbocycles. The highest BCUT2D eigenvalue weighted by atomic mass is 16.7. The van der Waals surface area contributed by atoms with Gasteiger partial charge in [-0.3, -0.25) is 14.4 Å². The van der Waals surface area contributed by atoms with E-state index in [1.54, 1.807) is 12.2 Å². The number of hydroxylamine groups is 2. The second-order valence-corrected chi connectivity index (χ2v) is 16.5. The second kappa shape index (κ2) is 8.90. The molecule has 0 aromatic rings. The topological polar surface area (TPSA) is 66.8 Å². The average molecular weight is 542 g/mol. The van der Waals surface area contributed by atoms with Crippen LogP contribution in [0.5, 0.6) is 0 Å². The minimum atomic E-state index is -0.502. The third-order valence-electron chi connectivity index (χ3n) is 13.9. The van der Waals surface area contributed by atoms with Gasteiger partial charge in [0.25, 0.3) is 5.91 Å². The van der Waals surface area contributed by atoms with E-state index in [1.807, 2.05) is 13.8 Å². The molecule has 0 spiro atoms. The molecule has 5 aliphatic rings. The van der Waals surface area contributed by atoms with Gasteiger partial charge in [0.2, 0.25) is 0 Å². The van der Waals surface area contributed by atoms with E-state index in [-0.39, 0.29) is 57.0 Å². The number of carbonyl (C=O) groups is 2. The highest BCUT2D eigenvalue weighted by Gasteiger charge is 2.70. The van der Waals surface area contributed by atoms with Crippen LogP contribution >= 0.6 is 0 Å². The molecule has 1 N–H and O–H groups in total. The van der Waals surface area contributed by atoms with Crippen LogP contribution in [0.25, 0.3) is 0 Å². The summed E-state index contributed by atoms with van der Waals surface area (Å²) in [6.07, 6.45) is 10.5. The van der Waals surface area contributed by atoms with Crippen LogP contribution in [-0.2, 0) is 14.4 Å². The van der Waals surface area contributed by atoms with Gasteiger partial charge in [0.05, 0.1) is 19.3 Å². The van der Waals surface area contributed by atoms with Gasteiger partial charge in [-0.15, -0.1) is 0 Å². The Morgan fingerprint density at radius 1 is 0.974 bits per heavy atom. The Morgan fingerprint density at radius 2 is 1.62 bits per heavy atom. The maximum atomic E-state index is 14.5. The molecule has 0 aromatic carbocycles. The highest BCUT2D eigenvalue weighted by Crippen LogP contribution is 2.75. The largest absolute Gasteiger partial charge is 0.393 e. The van der Waals surface area contributed by atoms with Crippen molar-refractivity contribution in [1.29, 1.82) is 0 Å². The van der Waals surface area contributed by atoms with Crippen molar-refractivity contribution in [2.24, 2.45) is 50.2 Å². The smallest absolute Gasteiger partial charge is 0.252 e. The standard InChI is InChI=1S/C34H55NO4/c1-21(2)35(39-10)28(38)31(6)16-15-30(5)17-18-33(8)22(23(30)20-31)19-24(36)27-32(7)13-12-26(37)29(3,4)25(32)11-14-34(27,33)9/h19,21,23,25-27,37H,11-18,20H2,1-10H3/t23-,25?,26-,27+,30+,31-,32-,33+,34+/m0/s1. The van der Waals surface area contributed by atoms with Gasteiger partial charge in [0, 0.05) is 11.3 Å². The SMILES string of the molecule is CON(C(=O)[C@@]1(C)CC[C@]2(C)CC[C@]3(C)C(=CC(=O)[C@@H]4[C@@]5(C)CC[C@H](O)C(C)(C)C5CC[C@]43C)[C@@H]2C1)C(C)C. The van der Waals surface area contributed by atoms with Crippen LogP contribution in [0.4, 0.5) is 0 Å². The number of hydrogen-bond acceptors (Lipinski definition) is 4. The van der Waals surface area contributed by atoms with E-state index in [2.05, 4.69) is 54.5 Å². The van der Waals surface area contributed by atoms with Gasteiger partial charge in [-0.25, -0.2) is 5.06 Å². The fourth-order valence-electron chi connectivity index (χ4n) is 11.2. The molecule has 39 heavy (non-hydrogen) atoms. The molecular weight excluding hydrogens is 486 g/mol. The molecule has 0 aromatic heterocycles. The van der Waals surface area contributed by atoms with Crippen molar-refractivity contribution in [2.45, 2.75) is 132 Å². The van der Waals surface area contributed by atoms with Gasteiger partial charge >= 0.3 is 0 Å². The Balaban J connectivity index is 1.57. The molecule has 0 aliphatic heterocycles. The summed E-state index contributed by atoms with van der Waals surface area (Å²) in [4.78, 5) is 33.9. The number of ketones is 1. The summed E-state index contributed by atoms with van der Waals surface area (Å²) in [6, 6.07) is -0.0198. The molecule has 220 valence electrons. The molecule has 0 saturated heterocycles. The van der Waals surface area contributed by atoms with Crippen molar-refractivity contribution >= 4 is 11.7 Å². The van der Waals surface area contributed by atoms with Crippen LogP contribution in [0.15, 0.2) is 11.6 Å². The van der Waals surface area contributed by atoms with Crippen molar-refractivity contribution in [1.82, 2.24) is 5.06 Å². The zero-order valence-corrected chi connectivity index (χ0v) is 26.4. The number of hydrogen-bond donors (Lipinski definition) is 1. The molecule has 5 aliphatic carbocycles. The van der Waals surface area contributed by atoms with Crippen LogP contribution in [0.2, 0.25) is 0 Å². The molecule has 9 atom stereocenters. The van der Waals surface area contributed by atoms with E-state index in [9.17, 15) is 14.7 Å². The van der Waals surface area contributed by atoms with E-state index in [0.29, 0.717) is 11.7 Å². The lowest BCUT2D eigenvalue weighted by molar-refractivity contribution is -0.206. The minimum Gasteiger partial charge on any atom is -0.393 e. The summed E-state index contributed by atoms with van der Waals surface area (Å²) in [6.45, 7) is 20.3. The van der Waals surface area contributed by atoms with Crippen LogP contribution in [0.3, 0.4) is 0 Å². The number of allylic oxidation sites excluding steroid dienone is 2. The van der Waals surface area contributed by atoms with Gasteiger partial charge in [0.15, 0.2) is 5.78 Å². The first-order valence-electron chi connectivity index (χ1n) is 15.7. The molecule has 1 amide bonds. The van der Waals surface area contributed by atoms with Gasteiger partial charge in [-0.1, -0.05) is 54.0 Å². The molecule has 5 rings (SSSR count). The number of rotatable bonds is 3. The molecule has 5 nitrogen and oxygen atoms in total. The number of aliphatic hydroxyl groups excluding tert-OH is 1. The summed E-state index contributed by atoms with van der Waals surface area (Å²) in [5.74, 6) is 0.941. The average Bonchev–Trinajstić information content (AvgIpc) is 2.84. The summed E-state index contributed by atoms with van der Waals surface area (Å²) >= 11 is 0. The van der Waals surface area contributed by atoms with Crippen LogP contribution < -0.4 is 0 Å². The van der Waals surface area contributed by atoms with Crippen molar-refractivity contribution in [3.63, 3.8) is 0 Å². The van der Waals surface area contributed by atoms with Gasteiger partial charge in [-0.2, -0.15) is 0 Å².